The summed E-state index contributed by atoms with van der Waals surface area (Å²) < 4.78 is 0. The summed E-state index contributed by atoms with van der Waals surface area (Å²) in [7, 11) is 0. The average molecular weight is 355 g/mol. The van der Waals surface area contributed by atoms with E-state index in [4.69, 9.17) is 11.5 Å². The quantitative estimate of drug-likeness (QED) is 0.712. The highest BCUT2D eigenvalue weighted by atomic mass is 15.1. The van der Waals surface area contributed by atoms with Crippen LogP contribution < -0.4 is 21.3 Å². The molecule has 4 heteroatoms. The zero-order valence-electron chi connectivity index (χ0n) is 16.7. The van der Waals surface area contributed by atoms with Gasteiger partial charge in [-0.1, -0.05) is 24.3 Å². The molecule has 0 heterocycles. The van der Waals surface area contributed by atoms with Crippen molar-refractivity contribution >= 4 is 11.4 Å². The number of hydrogen-bond donors (Lipinski definition) is 2. The molecule has 2 unspecified atom stereocenters. The van der Waals surface area contributed by atoms with E-state index < -0.39 is 0 Å². The molecule has 0 saturated heterocycles. The molecule has 0 spiro atoms. The van der Waals surface area contributed by atoms with Crippen LogP contribution in [0.1, 0.15) is 50.9 Å². The Morgan fingerprint density at radius 3 is 1.08 bits per heavy atom. The van der Waals surface area contributed by atoms with Crippen molar-refractivity contribution in [1.29, 1.82) is 0 Å². The summed E-state index contributed by atoms with van der Waals surface area (Å²) >= 11 is 0. The molecule has 0 radical (unpaired) electrons. The van der Waals surface area contributed by atoms with Gasteiger partial charge in [0.25, 0.3) is 0 Å². The summed E-state index contributed by atoms with van der Waals surface area (Å²) in [6.45, 7) is 12.7. The molecule has 2 aromatic carbocycles. The van der Waals surface area contributed by atoms with E-state index >= 15 is 0 Å². The van der Waals surface area contributed by atoms with Crippen molar-refractivity contribution in [3.8, 4) is 0 Å². The van der Waals surface area contributed by atoms with Crippen LogP contribution in [0.3, 0.4) is 0 Å². The first-order valence-corrected chi connectivity index (χ1v) is 9.76. The molecule has 2 atom stereocenters. The number of hydrogen-bond acceptors (Lipinski definition) is 4. The molecule has 0 aliphatic rings. The second kappa shape index (κ2) is 9.60. The second-order valence-electron chi connectivity index (χ2n) is 6.58. The molecule has 0 amide bonds. The molecular weight excluding hydrogens is 320 g/mol. The van der Waals surface area contributed by atoms with Crippen LogP contribution in [0.15, 0.2) is 48.5 Å². The fraction of sp³-hybridized carbons (Fsp3) is 0.455. The number of anilines is 2. The Balaban J connectivity index is 2.12. The van der Waals surface area contributed by atoms with Crippen LogP contribution in [0.5, 0.6) is 0 Å². The van der Waals surface area contributed by atoms with Gasteiger partial charge in [-0.3, -0.25) is 0 Å². The minimum Gasteiger partial charge on any atom is -0.372 e. The first-order chi connectivity index (χ1) is 12.5. The van der Waals surface area contributed by atoms with Crippen LogP contribution in [0, 0.1) is 0 Å². The predicted molar refractivity (Wildman–Crippen MR) is 114 cm³/mol. The van der Waals surface area contributed by atoms with Crippen molar-refractivity contribution < 1.29 is 0 Å². The molecule has 2 rings (SSSR count). The van der Waals surface area contributed by atoms with Gasteiger partial charge in [-0.25, -0.2) is 0 Å². The molecule has 26 heavy (non-hydrogen) atoms. The van der Waals surface area contributed by atoms with Gasteiger partial charge in [0, 0.05) is 49.6 Å². The van der Waals surface area contributed by atoms with E-state index in [1.54, 1.807) is 0 Å². The number of nitrogens with two attached hydrogens (primary N) is 2. The molecule has 0 saturated carbocycles. The van der Waals surface area contributed by atoms with Gasteiger partial charge >= 0.3 is 0 Å². The SMILES string of the molecule is CCN(CC)c1ccc(C(N)C(N)c2ccc(N(CC)CC)cc2)cc1. The Morgan fingerprint density at radius 1 is 0.577 bits per heavy atom. The van der Waals surface area contributed by atoms with Crippen molar-refractivity contribution in [3.63, 3.8) is 0 Å². The lowest BCUT2D eigenvalue weighted by molar-refractivity contribution is 0.574. The van der Waals surface area contributed by atoms with Crippen LogP contribution in [-0.2, 0) is 0 Å². The van der Waals surface area contributed by atoms with Gasteiger partial charge < -0.3 is 21.3 Å². The maximum absolute atomic E-state index is 6.46. The van der Waals surface area contributed by atoms with Crippen molar-refractivity contribution in [1.82, 2.24) is 0 Å². The van der Waals surface area contributed by atoms with Crippen molar-refractivity contribution in [2.24, 2.45) is 11.5 Å². The lowest BCUT2D eigenvalue weighted by Gasteiger charge is -2.25. The monoisotopic (exact) mass is 354 g/mol. The van der Waals surface area contributed by atoms with Crippen LogP contribution in [-0.4, -0.2) is 26.2 Å². The van der Waals surface area contributed by atoms with Crippen molar-refractivity contribution in [3.05, 3.63) is 59.7 Å². The summed E-state index contributed by atoms with van der Waals surface area (Å²) in [4.78, 5) is 4.64. The van der Waals surface area contributed by atoms with E-state index in [1.807, 2.05) is 0 Å². The third-order valence-corrected chi connectivity index (χ3v) is 5.20. The van der Waals surface area contributed by atoms with Crippen LogP contribution in [0.25, 0.3) is 0 Å². The van der Waals surface area contributed by atoms with E-state index in [1.165, 1.54) is 11.4 Å². The molecule has 0 bridgehead atoms. The third kappa shape index (κ3) is 4.57. The van der Waals surface area contributed by atoms with Crippen molar-refractivity contribution in [2.45, 2.75) is 39.8 Å². The molecule has 0 aliphatic heterocycles. The van der Waals surface area contributed by atoms with Crippen LogP contribution in [0.4, 0.5) is 11.4 Å². The van der Waals surface area contributed by atoms with Gasteiger partial charge in [0.05, 0.1) is 0 Å². The highest BCUT2D eigenvalue weighted by Crippen LogP contribution is 2.28. The fourth-order valence-corrected chi connectivity index (χ4v) is 3.41. The summed E-state index contributed by atoms with van der Waals surface area (Å²) in [5, 5.41) is 0. The molecule has 4 nitrogen and oxygen atoms in total. The number of rotatable bonds is 9. The summed E-state index contributed by atoms with van der Waals surface area (Å²) in [6.07, 6.45) is 0. The molecule has 0 aromatic heterocycles. The summed E-state index contributed by atoms with van der Waals surface area (Å²) in [6, 6.07) is 16.5. The van der Waals surface area contributed by atoms with E-state index in [9.17, 15) is 0 Å². The Morgan fingerprint density at radius 2 is 0.846 bits per heavy atom. The first-order valence-electron chi connectivity index (χ1n) is 9.76. The van der Waals surface area contributed by atoms with Crippen LogP contribution >= 0.6 is 0 Å². The van der Waals surface area contributed by atoms with E-state index in [-0.39, 0.29) is 12.1 Å². The predicted octanol–water partition coefficient (Wildman–Crippen LogP) is 4.08. The van der Waals surface area contributed by atoms with Gasteiger partial charge in [0.15, 0.2) is 0 Å². The smallest absolute Gasteiger partial charge is 0.0491 e. The second-order valence-corrected chi connectivity index (χ2v) is 6.58. The maximum atomic E-state index is 6.46. The molecule has 0 aliphatic carbocycles. The van der Waals surface area contributed by atoms with Gasteiger partial charge in [-0.2, -0.15) is 0 Å². The van der Waals surface area contributed by atoms with E-state index in [0.29, 0.717) is 0 Å². The number of benzene rings is 2. The molecule has 142 valence electrons. The molecule has 0 fully saturated rings. The largest absolute Gasteiger partial charge is 0.372 e. The minimum absolute atomic E-state index is 0.222. The highest BCUT2D eigenvalue weighted by molar-refractivity contribution is 5.49. The van der Waals surface area contributed by atoms with Gasteiger partial charge in [0.2, 0.25) is 0 Å². The molecule has 4 N–H and O–H groups in total. The Labute approximate surface area is 158 Å². The summed E-state index contributed by atoms with van der Waals surface area (Å²) in [5.41, 5.74) is 17.5. The van der Waals surface area contributed by atoms with Gasteiger partial charge in [0.1, 0.15) is 0 Å². The Kier molecular flexibility index (Phi) is 7.49. The minimum atomic E-state index is -0.222. The first kappa shape index (κ1) is 20.3. The van der Waals surface area contributed by atoms with E-state index in [0.717, 1.165) is 37.3 Å². The highest BCUT2D eigenvalue weighted by Gasteiger charge is 2.18. The zero-order chi connectivity index (χ0) is 19.1. The lowest BCUT2D eigenvalue weighted by Crippen LogP contribution is -2.27. The van der Waals surface area contributed by atoms with Crippen LogP contribution in [0.2, 0.25) is 0 Å². The van der Waals surface area contributed by atoms with E-state index in [2.05, 4.69) is 86.0 Å². The normalized spacial score (nSPS) is 13.3. The number of nitrogens with zero attached hydrogens (tertiary/aromatic N) is 2. The molecular formula is C22H34N4. The maximum Gasteiger partial charge on any atom is 0.0491 e. The molecule has 2 aromatic rings. The van der Waals surface area contributed by atoms with Gasteiger partial charge in [-0.05, 0) is 63.1 Å². The van der Waals surface area contributed by atoms with Crippen molar-refractivity contribution in [2.75, 3.05) is 36.0 Å². The Hall–Kier alpha value is -2.04. The average Bonchev–Trinajstić information content (AvgIpc) is 2.70. The van der Waals surface area contributed by atoms with Gasteiger partial charge in [-0.15, -0.1) is 0 Å². The topological polar surface area (TPSA) is 58.5 Å². The fourth-order valence-electron chi connectivity index (χ4n) is 3.41. The lowest BCUT2D eigenvalue weighted by atomic mass is 9.94. The standard InChI is InChI=1S/C22H34N4/c1-5-25(6-2)19-13-9-17(10-14-19)21(23)22(24)18-11-15-20(16-12-18)26(7-3)8-4/h9-16,21-22H,5-8,23-24H2,1-4H3. The summed E-state index contributed by atoms with van der Waals surface area (Å²) in [5.74, 6) is 0. The third-order valence-electron chi connectivity index (χ3n) is 5.20. The Bertz CT molecular complexity index is 583. The zero-order valence-corrected chi connectivity index (χ0v) is 16.7.